The molecule has 3 aromatic rings. The number of carbonyl (C=O) groups excluding carboxylic acids is 2. The quantitative estimate of drug-likeness (QED) is 0.687. The Balaban J connectivity index is 1.22. The summed E-state index contributed by atoms with van der Waals surface area (Å²) in [7, 11) is 0. The molecule has 0 saturated heterocycles. The zero-order valence-electron chi connectivity index (χ0n) is 15.6. The Labute approximate surface area is 171 Å². The third kappa shape index (κ3) is 3.63. The number of rotatable bonds is 4. The second kappa shape index (κ2) is 7.36. The summed E-state index contributed by atoms with van der Waals surface area (Å²) in [6.07, 6.45) is 1.41. The molecule has 0 spiro atoms. The van der Waals surface area contributed by atoms with Crippen molar-refractivity contribution >= 4 is 44.2 Å². The third-order valence-corrected chi connectivity index (χ3v) is 6.06. The molecule has 2 aliphatic rings. The first-order valence-corrected chi connectivity index (χ1v) is 10.4. The van der Waals surface area contributed by atoms with E-state index in [9.17, 15) is 9.59 Å². The van der Waals surface area contributed by atoms with Crippen LogP contribution in [0.1, 0.15) is 18.4 Å². The number of hydrogen-bond donors (Lipinski definition) is 2. The lowest BCUT2D eigenvalue weighted by Gasteiger charge is -2.24. The van der Waals surface area contributed by atoms with Gasteiger partial charge in [0.25, 0.3) is 0 Å². The molecule has 0 radical (unpaired) electrons. The molecule has 148 valence electrons. The maximum atomic E-state index is 12.4. The molecule has 0 saturated carbocycles. The van der Waals surface area contributed by atoms with E-state index in [2.05, 4.69) is 15.6 Å². The minimum Gasteiger partial charge on any atom is -0.486 e. The molecule has 0 fully saturated rings. The van der Waals surface area contributed by atoms with E-state index in [1.165, 1.54) is 11.3 Å². The highest BCUT2D eigenvalue weighted by atomic mass is 32.1. The number of aromatic nitrogens is 1. The smallest absolute Gasteiger partial charge is 0.227 e. The Morgan fingerprint density at radius 3 is 2.86 bits per heavy atom. The molecule has 0 aliphatic carbocycles. The number of benzene rings is 2. The predicted molar refractivity (Wildman–Crippen MR) is 111 cm³/mol. The fraction of sp³-hybridized carbons (Fsp3) is 0.286. The van der Waals surface area contributed by atoms with Gasteiger partial charge in [-0.1, -0.05) is 29.5 Å². The van der Waals surface area contributed by atoms with Crippen molar-refractivity contribution in [3.05, 3.63) is 42.0 Å². The van der Waals surface area contributed by atoms with Gasteiger partial charge >= 0.3 is 0 Å². The highest BCUT2D eigenvalue weighted by Gasteiger charge is 2.26. The number of para-hydroxylation sites is 1. The van der Waals surface area contributed by atoms with Crippen LogP contribution in [0, 0.1) is 5.92 Å². The average Bonchev–Trinajstić information content (AvgIpc) is 3.11. The standard InChI is InChI=1S/C21H19N3O4S/c25-19(6-5-13-9-12-3-1-2-4-14(12)22-20(13)26)24-21-23-15-10-16-17(11-18(15)29-21)28-8-7-27-16/h1-4,10-11,13H,5-9H2,(H,22,26)(H,23,24,25)/t13-/m1/s1. The summed E-state index contributed by atoms with van der Waals surface area (Å²) >= 11 is 1.39. The number of ether oxygens (including phenoxy) is 2. The van der Waals surface area contributed by atoms with E-state index in [1.807, 2.05) is 36.4 Å². The summed E-state index contributed by atoms with van der Waals surface area (Å²) in [5, 5.41) is 6.31. The maximum absolute atomic E-state index is 12.4. The van der Waals surface area contributed by atoms with Crippen LogP contribution in [0.3, 0.4) is 0 Å². The molecule has 2 amide bonds. The van der Waals surface area contributed by atoms with Crippen molar-refractivity contribution in [2.45, 2.75) is 19.3 Å². The lowest BCUT2D eigenvalue weighted by molar-refractivity contribution is -0.121. The molecule has 2 aromatic carbocycles. The van der Waals surface area contributed by atoms with Gasteiger partial charge in [0.05, 0.1) is 10.2 Å². The monoisotopic (exact) mass is 409 g/mol. The molecule has 1 aromatic heterocycles. The molecule has 7 nitrogen and oxygen atoms in total. The van der Waals surface area contributed by atoms with E-state index in [0.29, 0.717) is 42.7 Å². The van der Waals surface area contributed by atoms with Gasteiger partial charge < -0.3 is 20.1 Å². The molecule has 0 bridgehead atoms. The van der Waals surface area contributed by atoms with Gasteiger partial charge in [-0.25, -0.2) is 4.98 Å². The first-order valence-electron chi connectivity index (χ1n) is 9.54. The van der Waals surface area contributed by atoms with E-state index in [-0.39, 0.29) is 24.2 Å². The summed E-state index contributed by atoms with van der Waals surface area (Å²) < 4.78 is 12.1. The third-order valence-electron chi connectivity index (χ3n) is 5.13. The van der Waals surface area contributed by atoms with Crippen LogP contribution in [0.4, 0.5) is 10.8 Å². The van der Waals surface area contributed by atoms with Gasteiger partial charge in [-0.05, 0) is 24.5 Å². The van der Waals surface area contributed by atoms with Gasteiger partial charge in [-0.2, -0.15) is 0 Å². The second-order valence-corrected chi connectivity index (χ2v) is 8.15. The summed E-state index contributed by atoms with van der Waals surface area (Å²) in [5.41, 5.74) is 2.73. The van der Waals surface area contributed by atoms with Gasteiger partial charge in [-0.3, -0.25) is 9.59 Å². The van der Waals surface area contributed by atoms with Crippen LogP contribution in [0.15, 0.2) is 36.4 Å². The Morgan fingerprint density at radius 2 is 2.00 bits per heavy atom. The molecular formula is C21H19N3O4S. The Hall–Kier alpha value is -3.13. The second-order valence-electron chi connectivity index (χ2n) is 7.12. The van der Waals surface area contributed by atoms with E-state index >= 15 is 0 Å². The molecule has 2 aliphatic heterocycles. The zero-order valence-corrected chi connectivity index (χ0v) is 16.4. The SMILES string of the molecule is O=C(CC[C@@H]1Cc2ccccc2NC1=O)Nc1nc2cc3c(cc2s1)OCCO3. The number of nitrogens with zero attached hydrogens (tertiary/aromatic N) is 1. The lowest BCUT2D eigenvalue weighted by Crippen LogP contribution is -2.30. The van der Waals surface area contributed by atoms with Gasteiger partial charge in [0, 0.05) is 30.2 Å². The fourth-order valence-corrected chi connectivity index (χ4v) is 4.54. The predicted octanol–water partition coefficient (Wildman–Crippen LogP) is 3.60. The minimum absolute atomic E-state index is 0.0259. The van der Waals surface area contributed by atoms with Crippen LogP contribution < -0.4 is 20.1 Å². The highest BCUT2D eigenvalue weighted by Crippen LogP contribution is 2.38. The van der Waals surface area contributed by atoms with Crippen molar-refractivity contribution in [2.75, 3.05) is 23.8 Å². The maximum Gasteiger partial charge on any atom is 0.227 e. The number of nitrogens with one attached hydrogen (secondary N) is 2. The molecule has 1 atom stereocenters. The number of anilines is 2. The van der Waals surface area contributed by atoms with Crippen LogP contribution in [-0.4, -0.2) is 30.0 Å². The van der Waals surface area contributed by atoms with Crippen LogP contribution in [0.5, 0.6) is 11.5 Å². The summed E-state index contributed by atoms with van der Waals surface area (Å²) in [6.45, 7) is 1.05. The molecule has 3 heterocycles. The molecule has 5 rings (SSSR count). The summed E-state index contributed by atoms with van der Waals surface area (Å²) in [4.78, 5) is 29.2. The lowest BCUT2D eigenvalue weighted by atomic mass is 9.89. The normalized spacial score (nSPS) is 17.5. The van der Waals surface area contributed by atoms with Gasteiger partial charge in [0.15, 0.2) is 16.6 Å². The Morgan fingerprint density at radius 1 is 1.21 bits per heavy atom. The highest BCUT2D eigenvalue weighted by molar-refractivity contribution is 7.22. The van der Waals surface area contributed by atoms with E-state index < -0.39 is 0 Å². The van der Waals surface area contributed by atoms with Gasteiger partial charge in [0.1, 0.15) is 13.2 Å². The van der Waals surface area contributed by atoms with Crippen LogP contribution in [0.2, 0.25) is 0 Å². The topological polar surface area (TPSA) is 89.6 Å². The minimum atomic E-state index is -0.202. The largest absolute Gasteiger partial charge is 0.486 e. The van der Waals surface area contributed by atoms with Crippen molar-refractivity contribution in [3.8, 4) is 11.5 Å². The van der Waals surface area contributed by atoms with Crippen LogP contribution in [-0.2, 0) is 16.0 Å². The molecule has 29 heavy (non-hydrogen) atoms. The first-order chi connectivity index (χ1) is 14.2. The first kappa shape index (κ1) is 17.9. The van der Waals surface area contributed by atoms with E-state index in [0.717, 1.165) is 21.5 Å². The Kier molecular flexibility index (Phi) is 4.55. The number of hydrogen-bond acceptors (Lipinski definition) is 6. The van der Waals surface area contributed by atoms with Crippen LogP contribution in [0.25, 0.3) is 10.2 Å². The van der Waals surface area contributed by atoms with Crippen molar-refractivity contribution in [2.24, 2.45) is 5.92 Å². The van der Waals surface area contributed by atoms with E-state index in [4.69, 9.17) is 9.47 Å². The van der Waals surface area contributed by atoms with Crippen molar-refractivity contribution in [1.82, 2.24) is 4.98 Å². The Bertz CT molecular complexity index is 1070. The average molecular weight is 409 g/mol. The molecule has 0 unspecified atom stereocenters. The van der Waals surface area contributed by atoms with Crippen molar-refractivity contribution in [3.63, 3.8) is 0 Å². The summed E-state index contributed by atoms with van der Waals surface area (Å²) in [5.74, 6) is 1.01. The number of carbonyl (C=O) groups is 2. The van der Waals surface area contributed by atoms with Crippen molar-refractivity contribution in [1.29, 1.82) is 0 Å². The van der Waals surface area contributed by atoms with E-state index in [1.54, 1.807) is 0 Å². The zero-order chi connectivity index (χ0) is 19.8. The number of fused-ring (bicyclic) bond motifs is 3. The fourth-order valence-electron chi connectivity index (χ4n) is 3.65. The van der Waals surface area contributed by atoms with Crippen molar-refractivity contribution < 1.29 is 19.1 Å². The number of amides is 2. The molecular weight excluding hydrogens is 390 g/mol. The van der Waals surface area contributed by atoms with Gasteiger partial charge in [-0.15, -0.1) is 0 Å². The summed E-state index contributed by atoms with van der Waals surface area (Å²) in [6, 6.07) is 11.5. The molecule has 2 N–H and O–H groups in total. The van der Waals surface area contributed by atoms with Gasteiger partial charge in [0.2, 0.25) is 11.8 Å². The van der Waals surface area contributed by atoms with Crippen LogP contribution >= 0.6 is 11.3 Å². The molecule has 8 heteroatoms. The number of thiazole rings is 1.